The first kappa shape index (κ1) is 11.5. The second-order valence-electron chi connectivity index (χ2n) is 4.26. The van der Waals surface area contributed by atoms with Crippen LogP contribution in [-0.2, 0) is 4.74 Å². The van der Waals surface area contributed by atoms with Crippen LogP contribution in [-0.4, -0.2) is 0 Å². The summed E-state index contributed by atoms with van der Waals surface area (Å²) in [7, 11) is 0. The Morgan fingerprint density at radius 1 is 1.29 bits per heavy atom. The lowest BCUT2D eigenvalue weighted by Crippen LogP contribution is -2.11. The molecule has 1 heterocycles. The largest absolute Gasteiger partial charge is 0.463 e. The van der Waals surface area contributed by atoms with E-state index in [2.05, 4.69) is 13.8 Å². The number of ether oxygens (including phenoxy) is 1. The molecule has 2 rings (SSSR count). The van der Waals surface area contributed by atoms with Crippen LogP contribution in [0, 0.1) is 5.92 Å². The smallest absolute Gasteiger partial charge is 0.148 e. The second-order valence-corrected chi connectivity index (χ2v) is 4.26. The van der Waals surface area contributed by atoms with Gasteiger partial charge in [0.2, 0.25) is 0 Å². The average Bonchev–Trinajstić information content (AvgIpc) is 2.34. The molecule has 1 unspecified atom stereocenters. The minimum atomic E-state index is 0.376. The van der Waals surface area contributed by atoms with Crippen molar-refractivity contribution in [1.82, 2.24) is 0 Å². The summed E-state index contributed by atoms with van der Waals surface area (Å²) in [5, 5.41) is 0. The Hall–Kier alpha value is -1.96. The van der Waals surface area contributed by atoms with Gasteiger partial charge in [0.05, 0.1) is 12.0 Å². The Bertz CT molecular complexity index is 483. The maximum atomic E-state index is 6.08. The standard InChI is InChI=1S/C15H17NO/c1-11-8-9-17-15(12(11)2)14(16)10-13-6-4-3-5-7-13/h3-11H,16H2,1-2H3. The molecule has 1 aliphatic heterocycles. The van der Waals surface area contributed by atoms with E-state index in [0.29, 0.717) is 11.6 Å². The molecule has 0 bridgehead atoms. The molecule has 2 nitrogen and oxygen atoms in total. The first-order valence-electron chi connectivity index (χ1n) is 5.75. The van der Waals surface area contributed by atoms with Crippen molar-refractivity contribution in [2.45, 2.75) is 13.8 Å². The molecule has 0 amide bonds. The monoisotopic (exact) mass is 227 g/mol. The van der Waals surface area contributed by atoms with Crippen LogP contribution in [0.4, 0.5) is 0 Å². The van der Waals surface area contributed by atoms with E-state index in [1.165, 1.54) is 0 Å². The summed E-state index contributed by atoms with van der Waals surface area (Å²) in [5.74, 6) is 1.16. The van der Waals surface area contributed by atoms with Gasteiger partial charge in [-0.1, -0.05) is 37.3 Å². The quantitative estimate of drug-likeness (QED) is 0.840. The molecule has 1 aliphatic rings. The second kappa shape index (κ2) is 4.91. The molecule has 1 aromatic carbocycles. The average molecular weight is 227 g/mol. The summed E-state index contributed by atoms with van der Waals surface area (Å²) in [6.45, 7) is 4.18. The lowest BCUT2D eigenvalue weighted by molar-refractivity contribution is 0.336. The third-order valence-corrected chi connectivity index (χ3v) is 2.98. The molecule has 0 fully saturated rings. The van der Waals surface area contributed by atoms with E-state index in [-0.39, 0.29) is 0 Å². The van der Waals surface area contributed by atoms with Gasteiger partial charge in [0, 0.05) is 5.92 Å². The van der Waals surface area contributed by atoms with Gasteiger partial charge >= 0.3 is 0 Å². The summed E-state index contributed by atoms with van der Waals surface area (Å²) in [4.78, 5) is 0. The minimum absolute atomic E-state index is 0.376. The van der Waals surface area contributed by atoms with Crippen LogP contribution in [0.15, 0.2) is 59.7 Å². The van der Waals surface area contributed by atoms with E-state index in [4.69, 9.17) is 10.5 Å². The van der Waals surface area contributed by atoms with Gasteiger partial charge in [0.1, 0.15) is 5.76 Å². The Morgan fingerprint density at radius 3 is 2.71 bits per heavy atom. The zero-order valence-electron chi connectivity index (χ0n) is 10.2. The van der Waals surface area contributed by atoms with Crippen molar-refractivity contribution >= 4 is 6.08 Å². The molecule has 2 N–H and O–H groups in total. The summed E-state index contributed by atoms with van der Waals surface area (Å²) >= 11 is 0. The van der Waals surface area contributed by atoms with Gasteiger partial charge < -0.3 is 10.5 Å². The van der Waals surface area contributed by atoms with Crippen molar-refractivity contribution in [3.05, 3.63) is 65.3 Å². The normalized spacial score (nSPS) is 20.4. The fraction of sp³-hybridized carbons (Fsp3) is 0.200. The molecule has 0 aromatic heterocycles. The van der Waals surface area contributed by atoms with E-state index < -0.39 is 0 Å². The molecule has 17 heavy (non-hydrogen) atoms. The van der Waals surface area contributed by atoms with E-state index in [0.717, 1.165) is 16.9 Å². The van der Waals surface area contributed by atoms with Crippen molar-refractivity contribution in [1.29, 1.82) is 0 Å². The van der Waals surface area contributed by atoms with Gasteiger partial charge in [-0.3, -0.25) is 0 Å². The molecular weight excluding hydrogens is 210 g/mol. The Morgan fingerprint density at radius 2 is 2.00 bits per heavy atom. The molecule has 0 radical (unpaired) electrons. The number of hydrogen-bond acceptors (Lipinski definition) is 2. The van der Waals surface area contributed by atoms with Crippen LogP contribution < -0.4 is 5.73 Å². The Kier molecular flexibility index (Phi) is 3.33. The minimum Gasteiger partial charge on any atom is -0.463 e. The van der Waals surface area contributed by atoms with Gasteiger partial charge in [0.15, 0.2) is 0 Å². The van der Waals surface area contributed by atoms with Crippen molar-refractivity contribution in [2.75, 3.05) is 0 Å². The summed E-state index contributed by atoms with van der Waals surface area (Å²) < 4.78 is 5.50. The summed E-state index contributed by atoms with van der Waals surface area (Å²) in [6, 6.07) is 10.0. The van der Waals surface area contributed by atoms with E-state index in [9.17, 15) is 0 Å². The van der Waals surface area contributed by atoms with Gasteiger partial charge in [-0.05, 0) is 30.2 Å². The van der Waals surface area contributed by atoms with Gasteiger partial charge in [-0.2, -0.15) is 0 Å². The fourth-order valence-electron chi connectivity index (χ4n) is 1.76. The lowest BCUT2D eigenvalue weighted by atomic mass is 9.98. The predicted octanol–water partition coefficient (Wildman–Crippen LogP) is 3.44. The van der Waals surface area contributed by atoms with Gasteiger partial charge in [-0.25, -0.2) is 0 Å². The Labute approximate surface area is 102 Å². The number of hydrogen-bond donors (Lipinski definition) is 1. The van der Waals surface area contributed by atoms with E-state index in [1.54, 1.807) is 6.26 Å². The zero-order chi connectivity index (χ0) is 12.3. The van der Waals surface area contributed by atoms with Crippen molar-refractivity contribution < 1.29 is 4.74 Å². The van der Waals surface area contributed by atoms with Crippen LogP contribution in [0.5, 0.6) is 0 Å². The van der Waals surface area contributed by atoms with Gasteiger partial charge in [-0.15, -0.1) is 0 Å². The van der Waals surface area contributed by atoms with Crippen LogP contribution >= 0.6 is 0 Å². The number of rotatable bonds is 2. The first-order chi connectivity index (χ1) is 8.18. The molecule has 0 spiro atoms. The van der Waals surface area contributed by atoms with E-state index in [1.807, 2.05) is 42.5 Å². The molecule has 1 atom stereocenters. The maximum absolute atomic E-state index is 6.08. The molecule has 1 aromatic rings. The van der Waals surface area contributed by atoms with Crippen LogP contribution in [0.1, 0.15) is 19.4 Å². The third kappa shape index (κ3) is 2.59. The van der Waals surface area contributed by atoms with E-state index >= 15 is 0 Å². The first-order valence-corrected chi connectivity index (χ1v) is 5.75. The highest BCUT2D eigenvalue weighted by Crippen LogP contribution is 2.26. The third-order valence-electron chi connectivity index (χ3n) is 2.98. The zero-order valence-corrected chi connectivity index (χ0v) is 10.2. The molecule has 0 saturated carbocycles. The van der Waals surface area contributed by atoms with Gasteiger partial charge in [0.25, 0.3) is 0 Å². The summed E-state index contributed by atoms with van der Waals surface area (Å²) in [6.07, 6.45) is 5.66. The molecular formula is C15H17NO. The Balaban J connectivity index is 2.29. The topological polar surface area (TPSA) is 35.2 Å². The summed E-state index contributed by atoms with van der Waals surface area (Å²) in [5.41, 5.74) is 8.99. The predicted molar refractivity (Wildman–Crippen MR) is 70.7 cm³/mol. The van der Waals surface area contributed by atoms with Crippen molar-refractivity contribution in [3.63, 3.8) is 0 Å². The van der Waals surface area contributed by atoms with Crippen LogP contribution in [0.3, 0.4) is 0 Å². The lowest BCUT2D eigenvalue weighted by Gasteiger charge is -2.19. The van der Waals surface area contributed by atoms with Crippen LogP contribution in [0.2, 0.25) is 0 Å². The number of benzene rings is 1. The molecule has 88 valence electrons. The fourth-order valence-corrected chi connectivity index (χ4v) is 1.76. The van der Waals surface area contributed by atoms with Crippen LogP contribution in [0.25, 0.3) is 6.08 Å². The highest BCUT2D eigenvalue weighted by molar-refractivity contribution is 5.57. The maximum Gasteiger partial charge on any atom is 0.148 e. The highest BCUT2D eigenvalue weighted by Gasteiger charge is 2.15. The molecule has 0 aliphatic carbocycles. The molecule has 2 heteroatoms. The van der Waals surface area contributed by atoms with Crippen molar-refractivity contribution in [3.8, 4) is 0 Å². The SMILES string of the molecule is CC1=C(C(N)=Cc2ccccc2)OC=CC1C. The number of nitrogens with two attached hydrogens (primary N) is 1. The number of allylic oxidation sites excluding steroid dienone is 2. The highest BCUT2D eigenvalue weighted by atomic mass is 16.5. The molecule has 0 saturated heterocycles. The van der Waals surface area contributed by atoms with Crippen molar-refractivity contribution in [2.24, 2.45) is 11.7 Å².